The number of hydrogen-bond donors (Lipinski definition) is 2. The fourth-order valence-corrected chi connectivity index (χ4v) is 3.13. The quantitative estimate of drug-likeness (QED) is 0.421. The van der Waals surface area contributed by atoms with Crippen molar-refractivity contribution in [1.82, 2.24) is 0 Å². The summed E-state index contributed by atoms with van der Waals surface area (Å²) < 4.78 is 5.82. The lowest BCUT2D eigenvalue weighted by atomic mass is 9.82. The monoisotopic (exact) mass is 335 g/mol. The van der Waals surface area contributed by atoms with Gasteiger partial charge in [-0.15, -0.1) is 0 Å². The van der Waals surface area contributed by atoms with E-state index in [-0.39, 0.29) is 23.1 Å². The number of phenolic OH excluding ortho intramolecular Hbond substituents is 2. The van der Waals surface area contributed by atoms with Crippen LogP contribution in [0.5, 0.6) is 23.0 Å². The molecule has 0 atom stereocenters. The lowest BCUT2D eigenvalue weighted by molar-refractivity contribution is -0.384. The molecule has 0 bridgehead atoms. The van der Waals surface area contributed by atoms with Gasteiger partial charge in [0.05, 0.1) is 4.92 Å². The van der Waals surface area contributed by atoms with E-state index in [9.17, 15) is 20.3 Å². The van der Waals surface area contributed by atoms with Crippen LogP contribution in [0.1, 0.15) is 22.6 Å². The molecule has 1 aliphatic rings. The Hall–Kier alpha value is -3.54. The average Bonchev–Trinajstić information content (AvgIpc) is 2.59. The van der Waals surface area contributed by atoms with Gasteiger partial charge in [0.1, 0.15) is 23.0 Å². The molecule has 0 spiro atoms. The van der Waals surface area contributed by atoms with Gasteiger partial charge in [0.25, 0.3) is 5.69 Å². The van der Waals surface area contributed by atoms with E-state index in [0.717, 1.165) is 16.7 Å². The predicted octanol–water partition coefficient (Wildman–Crippen LogP) is 4.29. The maximum absolute atomic E-state index is 10.9. The molecule has 25 heavy (non-hydrogen) atoms. The molecule has 124 valence electrons. The van der Waals surface area contributed by atoms with E-state index in [2.05, 4.69) is 0 Å². The molecule has 0 amide bonds. The van der Waals surface area contributed by atoms with Gasteiger partial charge < -0.3 is 14.9 Å². The molecule has 1 heterocycles. The Morgan fingerprint density at radius 2 is 1.36 bits per heavy atom. The molecular weight excluding hydrogens is 322 g/mol. The molecule has 2 N–H and O–H groups in total. The van der Waals surface area contributed by atoms with Crippen LogP contribution >= 0.6 is 0 Å². The zero-order valence-corrected chi connectivity index (χ0v) is 12.9. The van der Waals surface area contributed by atoms with Gasteiger partial charge in [-0.2, -0.15) is 0 Å². The minimum atomic E-state index is -0.439. The summed E-state index contributed by atoms with van der Waals surface area (Å²) in [6, 6.07) is 16.1. The molecule has 0 saturated heterocycles. The second-order valence-corrected chi connectivity index (χ2v) is 5.83. The Bertz CT molecular complexity index is 930. The van der Waals surface area contributed by atoms with Crippen molar-refractivity contribution in [3.8, 4) is 23.0 Å². The van der Waals surface area contributed by atoms with Crippen LogP contribution in [0, 0.1) is 10.1 Å². The van der Waals surface area contributed by atoms with Crippen molar-refractivity contribution in [1.29, 1.82) is 0 Å². The molecule has 0 unspecified atom stereocenters. The van der Waals surface area contributed by atoms with Crippen LogP contribution in [0.4, 0.5) is 5.69 Å². The molecule has 0 aromatic heterocycles. The summed E-state index contributed by atoms with van der Waals surface area (Å²) in [5.74, 6) is 0.901. The molecule has 4 rings (SSSR count). The summed E-state index contributed by atoms with van der Waals surface area (Å²) in [5, 5.41) is 30.4. The standard InChI is InChI=1S/C19H13NO5/c21-13-5-7-15-17(9-13)25-18-10-14(22)6-8-16(18)19(15)11-1-3-12(4-2-11)20(23)24/h1-10,19,21-22H. The van der Waals surface area contributed by atoms with E-state index in [0.29, 0.717) is 11.5 Å². The normalized spacial score (nSPS) is 12.8. The zero-order chi connectivity index (χ0) is 17.6. The SMILES string of the molecule is O=[N+]([O-])c1ccc(C2c3ccc(O)cc3Oc3cc(O)ccc32)cc1. The first-order chi connectivity index (χ1) is 12.0. The topological polar surface area (TPSA) is 92.8 Å². The molecule has 0 radical (unpaired) electrons. The number of rotatable bonds is 2. The Morgan fingerprint density at radius 1 is 0.840 bits per heavy atom. The highest BCUT2D eigenvalue weighted by atomic mass is 16.6. The third-order valence-corrected chi connectivity index (χ3v) is 4.27. The summed E-state index contributed by atoms with van der Waals surface area (Å²) >= 11 is 0. The molecule has 0 saturated carbocycles. The zero-order valence-electron chi connectivity index (χ0n) is 12.9. The Labute approximate surface area is 142 Å². The fraction of sp³-hybridized carbons (Fsp3) is 0.0526. The first-order valence-electron chi connectivity index (χ1n) is 7.61. The average molecular weight is 335 g/mol. The third kappa shape index (κ3) is 2.53. The van der Waals surface area contributed by atoms with Crippen LogP contribution in [-0.4, -0.2) is 15.1 Å². The highest BCUT2D eigenvalue weighted by molar-refractivity contribution is 5.61. The lowest BCUT2D eigenvalue weighted by Gasteiger charge is -2.28. The van der Waals surface area contributed by atoms with Gasteiger partial charge in [-0.05, 0) is 17.7 Å². The van der Waals surface area contributed by atoms with Crippen LogP contribution in [0.15, 0.2) is 60.7 Å². The van der Waals surface area contributed by atoms with Crippen molar-refractivity contribution in [2.75, 3.05) is 0 Å². The third-order valence-electron chi connectivity index (χ3n) is 4.27. The van der Waals surface area contributed by atoms with Gasteiger partial charge in [-0.25, -0.2) is 0 Å². The Balaban J connectivity index is 1.90. The number of ether oxygens (including phenoxy) is 1. The Morgan fingerprint density at radius 3 is 1.84 bits per heavy atom. The highest BCUT2D eigenvalue weighted by Crippen LogP contribution is 2.49. The number of fused-ring (bicyclic) bond motifs is 2. The minimum absolute atomic E-state index is 0.0210. The van der Waals surface area contributed by atoms with Crippen LogP contribution in [0.25, 0.3) is 0 Å². The minimum Gasteiger partial charge on any atom is -0.508 e. The summed E-state index contributed by atoms with van der Waals surface area (Å²) in [4.78, 5) is 10.5. The fourth-order valence-electron chi connectivity index (χ4n) is 3.13. The van der Waals surface area contributed by atoms with Gasteiger partial charge in [0.15, 0.2) is 0 Å². The number of nitrogens with zero attached hydrogens (tertiary/aromatic N) is 1. The van der Waals surface area contributed by atoms with Crippen molar-refractivity contribution < 1.29 is 19.9 Å². The van der Waals surface area contributed by atoms with Gasteiger partial charge in [-0.3, -0.25) is 10.1 Å². The first kappa shape index (κ1) is 15.0. The summed E-state index contributed by atoms with van der Waals surface area (Å²) in [7, 11) is 0. The number of benzene rings is 3. The van der Waals surface area contributed by atoms with Gasteiger partial charge in [0, 0.05) is 41.3 Å². The molecule has 3 aromatic carbocycles. The van der Waals surface area contributed by atoms with Crippen molar-refractivity contribution >= 4 is 5.69 Å². The van der Waals surface area contributed by atoms with Crippen molar-refractivity contribution in [3.63, 3.8) is 0 Å². The Kier molecular flexibility index (Phi) is 3.32. The van der Waals surface area contributed by atoms with Gasteiger partial charge >= 0.3 is 0 Å². The number of non-ortho nitro benzene ring substituents is 1. The smallest absolute Gasteiger partial charge is 0.269 e. The summed E-state index contributed by atoms with van der Waals surface area (Å²) in [6.45, 7) is 0. The second kappa shape index (κ2) is 5.52. The molecule has 0 aliphatic carbocycles. The van der Waals surface area contributed by atoms with Gasteiger partial charge in [0.2, 0.25) is 0 Å². The first-order valence-corrected chi connectivity index (χ1v) is 7.61. The number of nitro benzene ring substituents is 1. The van der Waals surface area contributed by atoms with Crippen molar-refractivity contribution in [3.05, 3.63) is 87.5 Å². The van der Waals surface area contributed by atoms with E-state index in [1.165, 1.54) is 24.3 Å². The van der Waals surface area contributed by atoms with Crippen LogP contribution in [0.2, 0.25) is 0 Å². The van der Waals surface area contributed by atoms with E-state index in [1.807, 2.05) is 0 Å². The van der Waals surface area contributed by atoms with E-state index < -0.39 is 4.92 Å². The van der Waals surface area contributed by atoms with Crippen molar-refractivity contribution in [2.45, 2.75) is 5.92 Å². The molecule has 1 aliphatic heterocycles. The molecule has 3 aromatic rings. The number of phenols is 2. The van der Waals surface area contributed by atoms with Crippen LogP contribution < -0.4 is 4.74 Å². The lowest BCUT2D eigenvalue weighted by Crippen LogP contribution is -2.11. The summed E-state index contributed by atoms with van der Waals surface area (Å²) in [6.07, 6.45) is 0. The molecule has 6 nitrogen and oxygen atoms in total. The number of aromatic hydroxyl groups is 2. The molecular formula is C19H13NO5. The maximum atomic E-state index is 10.9. The van der Waals surface area contributed by atoms with Crippen LogP contribution in [-0.2, 0) is 0 Å². The largest absolute Gasteiger partial charge is 0.508 e. The van der Waals surface area contributed by atoms with E-state index in [1.54, 1.807) is 36.4 Å². The van der Waals surface area contributed by atoms with Crippen LogP contribution in [0.3, 0.4) is 0 Å². The van der Waals surface area contributed by atoms with Gasteiger partial charge in [-0.1, -0.05) is 24.3 Å². The van der Waals surface area contributed by atoms with Crippen molar-refractivity contribution in [2.24, 2.45) is 0 Å². The van der Waals surface area contributed by atoms with E-state index in [4.69, 9.17) is 4.74 Å². The number of nitro groups is 1. The molecule has 6 heteroatoms. The second-order valence-electron chi connectivity index (χ2n) is 5.83. The number of hydrogen-bond acceptors (Lipinski definition) is 5. The summed E-state index contributed by atoms with van der Waals surface area (Å²) in [5.41, 5.74) is 2.55. The van der Waals surface area contributed by atoms with E-state index >= 15 is 0 Å². The molecule has 0 fully saturated rings. The maximum Gasteiger partial charge on any atom is 0.269 e. The predicted molar refractivity (Wildman–Crippen MR) is 90.3 cm³/mol. The highest BCUT2D eigenvalue weighted by Gasteiger charge is 2.29.